The molecule has 0 fully saturated rings. The molecule has 3 radical (unpaired) electrons. The Morgan fingerprint density at radius 1 is 0.538 bits per heavy atom. The van der Waals surface area contributed by atoms with Gasteiger partial charge < -0.3 is 4.98 Å². The number of rotatable bonds is 0. The van der Waals surface area contributed by atoms with Crippen molar-refractivity contribution in [2.45, 2.75) is 0 Å². The van der Waals surface area contributed by atoms with Crippen molar-refractivity contribution in [2.75, 3.05) is 0 Å². The lowest BCUT2D eigenvalue weighted by Gasteiger charge is -1.69. The molecule has 0 amide bonds. The SMILES string of the molecule is F.[B].c1cc[nH]c1.c1ccccc1. The molecule has 0 bridgehead atoms. The number of benzene rings is 1. The van der Waals surface area contributed by atoms with Gasteiger partial charge in [-0.15, -0.1) is 0 Å². The summed E-state index contributed by atoms with van der Waals surface area (Å²) in [4.78, 5) is 2.86. The van der Waals surface area contributed by atoms with Crippen molar-refractivity contribution >= 4 is 8.41 Å². The van der Waals surface area contributed by atoms with E-state index in [0.29, 0.717) is 0 Å². The molecule has 0 unspecified atom stereocenters. The average molecular weight is 176 g/mol. The monoisotopic (exact) mass is 176 g/mol. The first kappa shape index (κ1) is 14.0. The van der Waals surface area contributed by atoms with E-state index in [9.17, 15) is 0 Å². The molecule has 0 saturated carbocycles. The highest BCUT2D eigenvalue weighted by molar-refractivity contribution is 5.75. The summed E-state index contributed by atoms with van der Waals surface area (Å²) in [6.07, 6.45) is 3.75. The van der Waals surface area contributed by atoms with Crippen LogP contribution in [0.3, 0.4) is 0 Å². The molecule has 2 rings (SSSR count). The number of H-pyrrole nitrogens is 1. The summed E-state index contributed by atoms with van der Waals surface area (Å²) in [7, 11) is 0. The molecule has 1 nitrogen and oxygen atoms in total. The molecule has 1 aromatic carbocycles. The Morgan fingerprint density at radius 3 is 1.00 bits per heavy atom. The van der Waals surface area contributed by atoms with E-state index < -0.39 is 0 Å². The van der Waals surface area contributed by atoms with Crippen LogP contribution in [0.1, 0.15) is 0 Å². The molecular formula is C10H12BFN. The summed E-state index contributed by atoms with van der Waals surface area (Å²) in [6.45, 7) is 0. The van der Waals surface area contributed by atoms with Crippen LogP contribution in [0.4, 0.5) is 4.70 Å². The quantitative estimate of drug-likeness (QED) is 0.593. The van der Waals surface area contributed by atoms with E-state index in [0.717, 1.165) is 0 Å². The molecule has 0 spiro atoms. The number of aromatic nitrogens is 1. The maximum absolute atomic E-state index is 2.86. The smallest absolute Gasteiger partial charge is 0.000496 e. The zero-order chi connectivity index (χ0) is 7.78. The Kier molecular flexibility index (Phi) is 11.3. The maximum Gasteiger partial charge on any atom is 0.000496 e. The number of hydrogen-bond acceptors (Lipinski definition) is 0. The van der Waals surface area contributed by atoms with Crippen molar-refractivity contribution in [3.05, 3.63) is 60.9 Å². The van der Waals surface area contributed by atoms with Crippen LogP contribution < -0.4 is 0 Å². The summed E-state index contributed by atoms with van der Waals surface area (Å²) in [5.74, 6) is 0. The third-order valence-electron chi connectivity index (χ3n) is 1.16. The molecule has 0 saturated heterocycles. The van der Waals surface area contributed by atoms with Gasteiger partial charge in [0.2, 0.25) is 0 Å². The fraction of sp³-hybridized carbons (Fsp3) is 0. The van der Waals surface area contributed by atoms with Crippen LogP contribution in [0.5, 0.6) is 0 Å². The van der Waals surface area contributed by atoms with Gasteiger partial charge >= 0.3 is 0 Å². The van der Waals surface area contributed by atoms with E-state index in [4.69, 9.17) is 0 Å². The van der Waals surface area contributed by atoms with Crippen molar-refractivity contribution in [1.29, 1.82) is 0 Å². The second-order valence-corrected chi connectivity index (χ2v) is 2.04. The Hall–Kier alpha value is -1.51. The van der Waals surface area contributed by atoms with Crippen LogP contribution in [0.2, 0.25) is 0 Å². The predicted molar refractivity (Wildman–Crippen MR) is 55.5 cm³/mol. The number of hydrogen-bond donors (Lipinski definition) is 1. The summed E-state index contributed by atoms with van der Waals surface area (Å²) in [6, 6.07) is 15.9. The standard InChI is InChI=1S/C6H6.C4H5N.B.FH/c1-2-4-6-5-3-1;1-2-4-5-3-1;;/h1-6H;1-5H;;1H. The van der Waals surface area contributed by atoms with Crippen molar-refractivity contribution in [1.82, 2.24) is 4.98 Å². The number of halogens is 1. The molecule has 1 N–H and O–H groups in total. The zero-order valence-corrected chi connectivity index (χ0v) is 7.26. The van der Waals surface area contributed by atoms with Gasteiger partial charge in [-0.2, -0.15) is 0 Å². The molecule has 13 heavy (non-hydrogen) atoms. The normalized spacial score (nSPS) is 6.77. The molecular weight excluding hydrogens is 164 g/mol. The minimum atomic E-state index is 0. The van der Waals surface area contributed by atoms with Gasteiger partial charge in [-0.05, 0) is 12.1 Å². The highest BCUT2D eigenvalue weighted by atomic mass is 19.0. The second-order valence-electron chi connectivity index (χ2n) is 2.04. The largest absolute Gasteiger partial charge is 0.368 e. The Balaban J connectivity index is 0. The molecule has 0 aliphatic heterocycles. The lowest BCUT2D eigenvalue weighted by atomic mass is 10.4. The van der Waals surface area contributed by atoms with Crippen molar-refractivity contribution in [3.63, 3.8) is 0 Å². The number of aromatic amines is 1. The average Bonchev–Trinajstić information content (AvgIpc) is 2.64. The molecule has 0 aliphatic rings. The van der Waals surface area contributed by atoms with Gasteiger partial charge in [0.1, 0.15) is 0 Å². The van der Waals surface area contributed by atoms with Gasteiger partial charge in [-0.25, -0.2) is 0 Å². The van der Waals surface area contributed by atoms with Gasteiger partial charge in [0.05, 0.1) is 0 Å². The Labute approximate surface area is 79.8 Å². The second kappa shape index (κ2) is 10.5. The molecule has 2 aromatic rings. The molecule has 0 atom stereocenters. The van der Waals surface area contributed by atoms with E-state index >= 15 is 0 Å². The summed E-state index contributed by atoms with van der Waals surface area (Å²) in [5.41, 5.74) is 0. The third-order valence-corrected chi connectivity index (χ3v) is 1.16. The zero-order valence-electron chi connectivity index (χ0n) is 7.26. The van der Waals surface area contributed by atoms with Gasteiger partial charge in [-0.3, -0.25) is 4.70 Å². The predicted octanol–water partition coefficient (Wildman–Crippen LogP) is 2.47. The van der Waals surface area contributed by atoms with E-state index in [1.807, 2.05) is 60.9 Å². The topological polar surface area (TPSA) is 15.8 Å². The first-order valence-electron chi connectivity index (χ1n) is 3.58. The van der Waals surface area contributed by atoms with E-state index in [1.165, 1.54) is 0 Å². The number of nitrogens with one attached hydrogen (secondary N) is 1. The van der Waals surface area contributed by atoms with Crippen LogP contribution in [0.25, 0.3) is 0 Å². The maximum atomic E-state index is 2.86. The molecule has 67 valence electrons. The molecule has 0 aliphatic carbocycles. The van der Waals surface area contributed by atoms with Crippen molar-refractivity contribution in [2.24, 2.45) is 0 Å². The highest BCUT2D eigenvalue weighted by Gasteiger charge is 1.58. The van der Waals surface area contributed by atoms with Crippen molar-refractivity contribution in [3.8, 4) is 0 Å². The van der Waals surface area contributed by atoms with Crippen molar-refractivity contribution < 1.29 is 4.70 Å². The minimum Gasteiger partial charge on any atom is -0.368 e. The van der Waals surface area contributed by atoms with Crippen LogP contribution >= 0.6 is 0 Å². The first-order valence-corrected chi connectivity index (χ1v) is 3.58. The highest BCUT2D eigenvalue weighted by Crippen LogP contribution is 1.79. The summed E-state index contributed by atoms with van der Waals surface area (Å²) >= 11 is 0. The van der Waals surface area contributed by atoms with Crippen LogP contribution in [-0.2, 0) is 0 Å². The van der Waals surface area contributed by atoms with Crippen LogP contribution in [0, 0.1) is 0 Å². The molecule has 3 heteroatoms. The lowest BCUT2D eigenvalue weighted by Crippen LogP contribution is -1.47. The Morgan fingerprint density at radius 2 is 0.846 bits per heavy atom. The summed E-state index contributed by atoms with van der Waals surface area (Å²) in [5, 5.41) is 0. The molecule has 1 heterocycles. The third kappa shape index (κ3) is 8.40. The van der Waals surface area contributed by atoms with E-state index in [1.54, 1.807) is 0 Å². The van der Waals surface area contributed by atoms with E-state index in [-0.39, 0.29) is 13.1 Å². The fourth-order valence-electron chi connectivity index (χ4n) is 0.663. The van der Waals surface area contributed by atoms with E-state index in [2.05, 4.69) is 4.98 Å². The van der Waals surface area contributed by atoms with Gasteiger partial charge in [0.25, 0.3) is 0 Å². The Bertz CT molecular complexity index is 201. The van der Waals surface area contributed by atoms with Gasteiger partial charge in [-0.1, -0.05) is 36.4 Å². The van der Waals surface area contributed by atoms with Gasteiger partial charge in [0, 0.05) is 20.8 Å². The van der Waals surface area contributed by atoms with Crippen LogP contribution in [0.15, 0.2) is 60.9 Å². The lowest BCUT2D eigenvalue weighted by molar-refractivity contribution is 1.11. The van der Waals surface area contributed by atoms with Gasteiger partial charge in [0.15, 0.2) is 0 Å². The van der Waals surface area contributed by atoms with Crippen LogP contribution in [-0.4, -0.2) is 13.4 Å². The molecule has 1 aromatic heterocycles. The summed E-state index contributed by atoms with van der Waals surface area (Å²) < 4.78 is 0. The fourth-order valence-corrected chi connectivity index (χ4v) is 0.663. The minimum absolute atomic E-state index is 0. The first-order chi connectivity index (χ1) is 5.50.